The molecule has 3 N–H and O–H groups in total. The molecule has 118 valence electrons. The minimum absolute atomic E-state index is 0.0349. The van der Waals surface area contributed by atoms with Gasteiger partial charge in [-0.3, -0.25) is 4.79 Å². The third kappa shape index (κ3) is 7.71. The van der Waals surface area contributed by atoms with E-state index in [1.54, 1.807) is 0 Å². The molecule has 1 rings (SSSR count). The predicted octanol–water partition coefficient (Wildman–Crippen LogP) is 3.71. The molecule has 0 aliphatic carbocycles. The Labute approximate surface area is 128 Å². The van der Waals surface area contributed by atoms with Crippen molar-refractivity contribution in [2.45, 2.75) is 58.5 Å². The Bertz CT molecular complexity index is 439. The molecule has 0 unspecified atom stereocenters. The Hall–Kier alpha value is -1.55. The first kappa shape index (κ1) is 17.5. The van der Waals surface area contributed by atoms with Gasteiger partial charge in [0.05, 0.1) is 5.69 Å². The van der Waals surface area contributed by atoms with Gasteiger partial charge in [-0.05, 0) is 52.3 Å². The smallest absolute Gasteiger partial charge is 0.224 e. The molecule has 0 saturated carbocycles. The molecule has 0 saturated heterocycles. The number of para-hydroxylation sites is 2. The molecule has 0 fully saturated rings. The highest BCUT2D eigenvalue weighted by atomic mass is 16.5. The monoisotopic (exact) mass is 292 g/mol. The Morgan fingerprint density at radius 3 is 2.48 bits per heavy atom. The zero-order valence-corrected chi connectivity index (χ0v) is 13.4. The molecule has 0 radical (unpaired) electrons. The molecule has 0 aromatic heterocycles. The van der Waals surface area contributed by atoms with Crippen molar-refractivity contribution in [2.75, 3.05) is 11.9 Å². The fraction of sp³-hybridized carbons (Fsp3) is 0.588. The Morgan fingerprint density at radius 2 is 1.81 bits per heavy atom. The number of rotatable bonds is 8. The average molecular weight is 292 g/mol. The summed E-state index contributed by atoms with van der Waals surface area (Å²) in [7, 11) is 0. The van der Waals surface area contributed by atoms with Crippen LogP contribution in [-0.2, 0) is 4.79 Å². The van der Waals surface area contributed by atoms with E-state index in [-0.39, 0.29) is 11.5 Å². The van der Waals surface area contributed by atoms with E-state index in [4.69, 9.17) is 10.5 Å². The first-order valence-corrected chi connectivity index (χ1v) is 7.70. The lowest BCUT2D eigenvalue weighted by Crippen LogP contribution is -2.24. The number of carbonyl (C=O) groups is 1. The summed E-state index contributed by atoms with van der Waals surface area (Å²) in [5.41, 5.74) is 5.89. The topological polar surface area (TPSA) is 64.3 Å². The van der Waals surface area contributed by atoms with Crippen molar-refractivity contribution in [3.8, 4) is 5.75 Å². The van der Waals surface area contributed by atoms with Gasteiger partial charge in [0.2, 0.25) is 5.91 Å². The van der Waals surface area contributed by atoms with E-state index in [0.29, 0.717) is 12.2 Å². The number of nitrogens with one attached hydrogen (secondary N) is 1. The molecular formula is C17H28N2O2. The second kappa shape index (κ2) is 8.67. The van der Waals surface area contributed by atoms with Gasteiger partial charge in [0.25, 0.3) is 0 Å². The molecule has 1 aromatic rings. The van der Waals surface area contributed by atoms with Crippen LogP contribution in [0.2, 0.25) is 0 Å². The maximum atomic E-state index is 12.0. The Kier molecular flexibility index (Phi) is 7.23. The SMILES string of the molecule is CC(C)(C)Oc1ccccc1NC(=O)CCCCCCN. The second-order valence-corrected chi connectivity index (χ2v) is 6.21. The lowest BCUT2D eigenvalue weighted by atomic mass is 10.1. The van der Waals surface area contributed by atoms with Crippen molar-refractivity contribution in [2.24, 2.45) is 5.73 Å². The van der Waals surface area contributed by atoms with Crippen molar-refractivity contribution in [3.05, 3.63) is 24.3 Å². The van der Waals surface area contributed by atoms with E-state index in [0.717, 1.165) is 37.9 Å². The minimum atomic E-state index is -0.289. The van der Waals surface area contributed by atoms with Crippen LogP contribution < -0.4 is 15.8 Å². The summed E-state index contributed by atoms with van der Waals surface area (Å²) in [6.07, 6.45) is 4.60. The van der Waals surface area contributed by atoms with Gasteiger partial charge in [0, 0.05) is 6.42 Å². The maximum absolute atomic E-state index is 12.0. The van der Waals surface area contributed by atoms with E-state index in [2.05, 4.69) is 5.32 Å². The summed E-state index contributed by atoms with van der Waals surface area (Å²) >= 11 is 0. The van der Waals surface area contributed by atoms with Gasteiger partial charge in [-0.15, -0.1) is 0 Å². The number of amides is 1. The molecule has 0 bridgehead atoms. The van der Waals surface area contributed by atoms with E-state index >= 15 is 0 Å². The van der Waals surface area contributed by atoms with Gasteiger partial charge < -0.3 is 15.8 Å². The summed E-state index contributed by atoms with van der Waals surface area (Å²) in [5.74, 6) is 0.745. The van der Waals surface area contributed by atoms with E-state index < -0.39 is 0 Å². The minimum Gasteiger partial charge on any atom is -0.486 e. The fourth-order valence-electron chi connectivity index (χ4n) is 1.98. The third-order valence-corrected chi connectivity index (χ3v) is 2.94. The summed E-state index contributed by atoms with van der Waals surface area (Å²) < 4.78 is 5.86. The van der Waals surface area contributed by atoms with Crippen molar-refractivity contribution in [1.82, 2.24) is 0 Å². The standard InChI is InChI=1S/C17H28N2O2/c1-17(2,3)21-15-11-8-7-10-14(15)19-16(20)12-6-4-5-9-13-18/h7-8,10-11H,4-6,9,12-13,18H2,1-3H3,(H,19,20). The third-order valence-electron chi connectivity index (χ3n) is 2.94. The van der Waals surface area contributed by atoms with Crippen LogP contribution >= 0.6 is 0 Å². The highest BCUT2D eigenvalue weighted by Crippen LogP contribution is 2.27. The number of ether oxygens (including phenoxy) is 1. The van der Waals surface area contributed by atoms with Crippen molar-refractivity contribution in [3.63, 3.8) is 0 Å². The number of hydrogen-bond acceptors (Lipinski definition) is 3. The second-order valence-electron chi connectivity index (χ2n) is 6.21. The fourth-order valence-corrected chi connectivity index (χ4v) is 1.98. The summed E-state index contributed by atoms with van der Waals surface area (Å²) in [4.78, 5) is 12.0. The molecule has 0 heterocycles. The van der Waals surface area contributed by atoms with Gasteiger partial charge in [0.15, 0.2) is 0 Å². The van der Waals surface area contributed by atoms with Crippen LogP contribution in [0.25, 0.3) is 0 Å². The number of carbonyl (C=O) groups excluding carboxylic acids is 1. The quantitative estimate of drug-likeness (QED) is 0.718. The van der Waals surface area contributed by atoms with E-state index in [1.165, 1.54) is 0 Å². The van der Waals surface area contributed by atoms with Gasteiger partial charge in [-0.1, -0.05) is 25.0 Å². The first-order valence-electron chi connectivity index (χ1n) is 7.70. The molecule has 1 aromatic carbocycles. The van der Waals surface area contributed by atoms with Crippen LogP contribution in [-0.4, -0.2) is 18.1 Å². The highest BCUT2D eigenvalue weighted by Gasteiger charge is 2.15. The van der Waals surface area contributed by atoms with Crippen molar-refractivity contribution >= 4 is 11.6 Å². The molecular weight excluding hydrogens is 264 g/mol. The molecule has 4 heteroatoms. The van der Waals surface area contributed by atoms with Gasteiger partial charge in [0.1, 0.15) is 11.4 Å². The molecule has 0 aliphatic heterocycles. The van der Waals surface area contributed by atoms with Crippen LogP contribution in [0.5, 0.6) is 5.75 Å². The predicted molar refractivity (Wildman–Crippen MR) is 87.6 cm³/mol. The van der Waals surface area contributed by atoms with Crippen LogP contribution in [0.1, 0.15) is 52.9 Å². The molecule has 4 nitrogen and oxygen atoms in total. The summed E-state index contributed by atoms with van der Waals surface area (Å²) in [6, 6.07) is 7.55. The number of nitrogens with two attached hydrogens (primary N) is 1. The molecule has 0 aliphatic rings. The Balaban J connectivity index is 2.48. The Morgan fingerprint density at radius 1 is 1.14 bits per heavy atom. The lowest BCUT2D eigenvalue weighted by Gasteiger charge is -2.23. The van der Waals surface area contributed by atoms with Crippen molar-refractivity contribution in [1.29, 1.82) is 0 Å². The average Bonchev–Trinajstić information content (AvgIpc) is 2.39. The van der Waals surface area contributed by atoms with E-state index in [1.807, 2.05) is 45.0 Å². The number of unbranched alkanes of at least 4 members (excludes halogenated alkanes) is 3. The molecule has 0 spiro atoms. The number of benzene rings is 1. The van der Waals surface area contributed by atoms with Gasteiger partial charge in [-0.2, -0.15) is 0 Å². The zero-order valence-electron chi connectivity index (χ0n) is 13.4. The summed E-state index contributed by atoms with van der Waals surface area (Å²) in [6.45, 7) is 6.69. The highest BCUT2D eigenvalue weighted by molar-refractivity contribution is 5.92. The summed E-state index contributed by atoms with van der Waals surface area (Å²) in [5, 5.41) is 2.94. The molecule has 1 amide bonds. The van der Waals surface area contributed by atoms with Crippen molar-refractivity contribution < 1.29 is 9.53 Å². The largest absolute Gasteiger partial charge is 0.486 e. The lowest BCUT2D eigenvalue weighted by molar-refractivity contribution is -0.116. The first-order chi connectivity index (χ1) is 9.92. The van der Waals surface area contributed by atoms with E-state index in [9.17, 15) is 4.79 Å². The normalized spacial score (nSPS) is 11.2. The molecule has 21 heavy (non-hydrogen) atoms. The maximum Gasteiger partial charge on any atom is 0.224 e. The zero-order chi connectivity index (χ0) is 15.7. The van der Waals surface area contributed by atoms with Crippen LogP contribution in [0.4, 0.5) is 5.69 Å². The van der Waals surface area contributed by atoms with Gasteiger partial charge >= 0.3 is 0 Å². The molecule has 0 atom stereocenters. The van der Waals surface area contributed by atoms with Crippen LogP contribution in [0, 0.1) is 0 Å². The van der Waals surface area contributed by atoms with Gasteiger partial charge in [-0.25, -0.2) is 0 Å². The number of hydrogen-bond donors (Lipinski definition) is 2. The van der Waals surface area contributed by atoms with Crippen LogP contribution in [0.15, 0.2) is 24.3 Å². The van der Waals surface area contributed by atoms with Crippen LogP contribution in [0.3, 0.4) is 0 Å². The number of anilines is 1.